The maximum absolute atomic E-state index is 12.4. The second-order valence-corrected chi connectivity index (χ2v) is 5.83. The van der Waals surface area contributed by atoms with Crippen LogP contribution in [0.4, 0.5) is 0 Å². The molecule has 92 valence electrons. The van der Waals surface area contributed by atoms with Crippen molar-refractivity contribution in [1.82, 2.24) is 4.90 Å². The molecule has 1 aromatic carbocycles. The molecule has 1 atom stereocenters. The van der Waals surface area contributed by atoms with E-state index in [1.165, 1.54) is 12.8 Å². The summed E-state index contributed by atoms with van der Waals surface area (Å²) in [5, 5.41) is 0. The minimum Gasteiger partial charge on any atom is -0.339 e. The van der Waals surface area contributed by atoms with Gasteiger partial charge in [-0.15, -0.1) is 0 Å². The minimum atomic E-state index is 0.111. The topological polar surface area (TPSA) is 20.3 Å². The number of hydrogen-bond acceptors (Lipinski definition) is 1. The number of nitrogens with zero attached hydrogens (tertiary/aromatic N) is 1. The molecule has 1 aliphatic rings. The third-order valence-electron chi connectivity index (χ3n) is 3.59. The maximum Gasteiger partial charge on any atom is 0.254 e. The van der Waals surface area contributed by atoms with E-state index in [1.807, 2.05) is 37.1 Å². The van der Waals surface area contributed by atoms with Crippen molar-refractivity contribution in [2.75, 3.05) is 7.05 Å². The molecule has 0 saturated heterocycles. The SMILES string of the molecule is Cc1ccc(Br)c(C(=O)N(C)C(C)C2CC2)c1. The number of rotatable bonds is 3. The van der Waals surface area contributed by atoms with Crippen LogP contribution >= 0.6 is 15.9 Å². The zero-order valence-electron chi connectivity index (χ0n) is 10.5. The Balaban J connectivity index is 2.20. The fraction of sp³-hybridized carbons (Fsp3) is 0.500. The molecule has 0 spiro atoms. The Labute approximate surface area is 111 Å². The van der Waals surface area contributed by atoms with Gasteiger partial charge in [-0.2, -0.15) is 0 Å². The predicted octanol–water partition coefficient (Wildman–Crippen LogP) is 3.63. The molecule has 0 radical (unpaired) electrons. The van der Waals surface area contributed by atoms with Gasteiger partial charge in [0.25, 0.3) is 5.91 Å². The first-order valence-corrected chi connectivity index (χ1v) is 6.83. The second kappa shape index (κ2) is 4.81. The zero-order chi connectivity index (χ0) is 12.6. The standard InChI is InChI=1S/C14H18BrNO/c1-9-4-7-13(15)12(8-9)14(17)16(3)10(2)11-5-6-11/h4,7-8,10-11H,5-6H2,1-3H3. The number of hydrogen-bond donors (Lipinski definition) is 0. The van der Waals surface area contributed by atoms with Crippen LogP contribution in [-0.4, -0.2) is 23.9 Å². The lowest BCUT2D eigenvalue weighted by molar-refractivity contribution is 0.0726. The van der Waals surface area contributed by atoms with E-state index in [2.05, 4.69) is 22.9 Å². The van der Waals surface area contributed by atoms with Crippen LogP contribution in [0.25, 0.3) is 0 Å². The molecule has 1 amide bonds. The lowest BCUT2D eigenvalue weighted by Gasteiger charge is -2.25. The van der Waals surface area contributed by atoms with Crippen molar-refractivity contribution in [2.45, 2.75) is 32.7 Å². The highest BCUT2D eigenvalue weighted by Crippen LogP contribution is 2.35. The number of aryl methyl sites for hydroxylation is 1. The first-order chi connectivity index (χ1) is 8.00. The quantitative estimate of drug-likeness (QED) is 0.834. The fourth-order valence-corrected chi connectivity index (χ4v) is 2.49. The van der Waals surface area contributed by atoms with Crippen LogP contribution in [0.5, 0.6) is 0 Å². The lowest BCUT2D eigenvalue weighted by atomic mass is 10.1. The average molecular weight is 296 g/mol. The van der Waals surface area contributed by atoms with Crippen molar-refractivity contribution in [3.05, 3.63) is 33.8 Å². The van der Waals surface area contributed by atoms with Gasteiger partial charge in [-0.3, -0.25) is 4.79 Å². The van der Waals surface area contributed by atoms with Gasteiger partial charge < -0.3 is 4.90 Å². The van der Waals surface area contributed by atoms with Crippen LogP contribution in [-0.2, 0) is 0 Å². The van der Waals surface area contributed by atoms with Crippen LogP contribution in [0.3, 0.4) is 0 Å². The van der Waals surface area contributed by atoms with Crippen molar-refractivity contribution in [3.63, 3.8) is 0 Å². The third kappa shape index (κ3) is 2.71. The molecule has 1 unspecified atom stereocenters. The van der Waals surface area contributed by atoms with Gasteiger partial charge in [0.1, 0.15) is 0 Å². The largest absolute Gasteiger partial charge is 0.339 e. The Morgan fingerprint density at radius 2 is 2.12 bits per heavy atom. The molecule has 1 fully saturated rings. The monoisotopic (exact) mass is 295 g/mol. The number of benzene rings is 1. The van der Waals surface area contributed by atoms with Crippen molar-refractivity contribution < 1.29 is 4.79 Å². The molecule has 3 heteroatoms. The highest BCUT2D eigenvalue weighted by molar-refractivity contribution is 9.10. The van der Waals surface area contributed by atoms with Gasteiger partial charge in [-0.25, -0.2) is 0 Å². The number of amides is 1. The van der Waals surface area contributed by atoms with Gasteiger partial charge in [0, 0.05) is 17.6 Å². The molecule has 17 heavy (non-hydrogen) atoms. The van der Waals surface area contributed by atoms with Crippen LogP contribution in [0.15, 0.2) is 22.7 Å². The summed E-state index contributed by atoms with van der Waals surface area (Å²) in [6, 6.07) is 6.24. The Hall–Kier alpha value is -0.830. The molecule has 2 rings (SSSR count). The van der Waals surface area contributed by atoms with Gasteiger partial charge in [0.2, 0.25) is 0 Å². The van der Waals surface area contributed by atoms with E-state index in [0.29, 0.717) is 12.0 Å². The first-order valence-electron chi connectivity index (χ1n) is 6.04. The Morgan fingerprint density at radius 3 is 2.71 bits per heavy atom. The van der Waals surface area contributed by atoms with Gasteiger partial charge in [0.05, 0.1) is 5.56 Å². The molecule has 0 aliphatic heterocycles. The summed E-state index contributed by atoms with van der Waals surface area (Å²) in [5.74, 6) is 0.813. The number of carbonyl (C=O) groups excluding carboxylic acids is 1. The molecule has 0 N–H and O–H groups in total. The Bertz CT molecular complexity index is 440. The van der Waals surface area contributed by atoms with E-state index in [4.69, 9.17) is 0 Å². The fourth-order valence-electron chi connectivity index (χ4n) is 2.07. The molecule has 0 aromatic heterocycles. The summed E-state index contributed by atoms with van der Waals surface area (Å²) in [6.07, 6.45) is 2.52. The maximum atomic E-state index is 12.4. The molecule has 0 heterocycles. The summed E-state index contributed by atoms with van der Waals surface area (Å²) >= 11 is 3.45. The smallest absolute Gasteiger partial charge is 0.254 e. The van der Waals surface area contributed by atoms with Crippen LogP contribution in [0.1, 0.15) is 35.7 Å². The van der Waals surface area contributed by atoms with Gasteiger partial charge in [0.15, 0.2) is 0 Å². The number of carbonyl (C=O) groups is 1. The predicted molar refractivity (Wildman–Crippen MR) is 73.2 cm³/mol. The lowest BCUT2D eigenvalue weighted by Crippen LogP contribution is -2.36. The highest BCUT2D eigenvalue weighted by atomic mass is 79.9. The molecule has 2 nitrogen and oxygen atoms in total. The van der Waals surface area contributed by atoms with E-state index in [9.17, 15) is 4.79 Å². The Kier molecular flexibility index (Phi) is 3.57. The van der Waals surface area contributed by atoms with E-state index in [0.717, 1.165) is 15.6 Å². The van der Waals surface area contributed by atoms with Crippen molar-refractivity contribution in [3.8, 4) is 0 Å². The average Bonchev–Trinajstić information content (AvgIpc) is 3.13. The number of halogens is 1. The van der Waals surface area contributed by atoms with E-state index < -0.39 is 0 Å². The first kappa shape index (κ1) is 12.6. The van der Waals surface area contributed by atoms with E-state index in [-0.39, 0.29) is 5.91 Å². The molecular formula is C14H18BrNO. The molecule has 0 bridgehead atoms. The van der Waals surface area contributed by atoms with Crippen LogP contribution in [0, 0.1) is 12.8 Å². The molecular weight excluding hydrogens is 278 g/mol. The summed E-state index contributed by atoms with van der Waals surface area (Å²) < 4.78 is 0.878. The van der Waals surface area contributed by atoms with E-state index in [1.54, 1.807) is 0 Å². The van der Waals surface area contributed by atoms with Crippen LogP contribution < -0.4 is 0 Å². The Morgan fingerprint density at radius 1 is 1.47 bits per heavy atom. The summed E-state index contributed by atoms with van der Waals surface area (Å²) in [4.78, 5) is 14.3. The summed E-state index contributed by atoms with van der Waals surface area (Å²) in [7, 11) is 1.90. The van der Waals surface area contributed by atoms with Gasteiger partial charge in [-0.1, -0.05) is 11.6 Å². The van der Waals surface area contributed by atoms with Crippen molar-refractivity contribution in [1.29, 1.82) is 0 Å². The summed E-state index contributed by atoms with van der Waals surface area (Å²) in [6.45, 7) is 4.15. The molecule has 1 aliphatic carbocycles. The van der Waals surface area contributed by atoms with E-state index >= 15 is 0 Å². The van der Waals surface area contributed by atoms with Gasteiger partial charge in [-0.05, 0) is 60.7 Å². The molecule has 1 aromatic rings. The van der Waals surface area contributed by atoms with Crippen molar-refractivity contribution >= 4 is 21.8 Å². The minimum absolute atomic E-state index is 0.111. The highest BCUT2D eigenvalue weighted by Gasteiger charge is 2.33. The normalized spacial score (nSPS) is 16.7. The van der Waals surface area contributed by atoms with Gasteiger partial charge >= 0.3 is 0 Å². The molecule has 1 saturated carbocycles. The zero-order valence-corrected chi connectivity index (χ0v) is 12.1. The van der Waals surface area contributed by atoms with Crippen LogP contribution in [0.2, 0.25) is 0 Å². The summed E-state index contributed by atoms with van der Waals surface area (Å²) in [5.41, 5.74) is 1.88. The van der Waals surface area contributed by atoms with Crippen molar-refractivity contribution in [2.24, 2.45) is 5.92 Å². The third-order valence-corrected chi connectivity index (χ3v) is 4.28. The second-order valence-electron chi connectivity index (χ2n) is 4.98.